The zero-order valence-corrected chi connectivity index (χ0v) is 15.3. The number of aromatic amines is 1. The predicted molar refractivity (Wildman–Crippen MR) is 103 cm³/mol. The first-order valence-electron chi connectivity index (χ1n) is 9.15. The van der Waals surface area contributed by atoms with Gasteiger partial charge < -0.3 is 14.7 Å². The largest absolute Gasteiger partial charge is 0.355 e. The van der Waals surface area contributed by atoms with Crippen LogP contribution in [-0.4, -0.2) is 34.3 Å². The molecule has 1 saturated heterocycles. The minimum absolute atomic E-state index is 0.404. The zero-order chi connectivity index (χ0) is 18.1. The minimum Gasteiger partial charge on any atom is -0.355 e. The molecule has 1 aromatic carbocycles. The van der Waals surface area contributed by atoms with Crippen molar-refractivity contribution in [3.8, 4) is 0 Å². The second-order valence-corrected chi connectivity index (χ2v) is 7.86. The van der Waals surface area contributed by atoms with Gasteiger partial charge in [-0.25, -0.2) is 9.97 Å². The molecule has 0 spiro atoms. The van der Waals surface area contributed by atoms with Gasteiger partial charge in [0.25, 0.3) is 0 Å². The fourth-order valence-electron chi connectivity index (χ4n) is 3.72. The first-order valence-corrected chi connectivity index (χ1v) is 9.15. The third-order valence-corrected chi connectivity index (χ3v) is 5.20. The standard InChI is InChI=1S/C21H24N4O/c1-21(2,14-26)10-17-11-22-20-19(17)24-18(12-23-20)25-9-8-16(13-25)15-6-4-3-5-7-15/h3-7,11-12,14,16H,8-10,13H2,1-2H3,(H,22,23). The van der Waals surface area contributed by atoms with E-state index < -0.39 is 5.41 Å². The maximum atomic E-state index is 11.3. The third kappa shape index (κ3) is 3.21. The fourth-order valence-corrected chi connectivity index (χ4v) is 3.72. The Morgan fingerprint density at radius 3 is 2.88 bits per heavy atom. The first kappa shape index (κ1) is 16.8. The van der Waals surface area contributed by atoms with Gasteiger partial charge >= 0.3 is 0 Å². The van der Waals surface area contributed by atoms with Gasteiger partial charge in [-0.1, -0.05) is 44.2 Å². The van der Waals surface area contributed by atoms with Crippen LogP contribution < -0.4 is 4.90 Å². The number of hydrogen-bond acceptors (Lipinski definition) is 4. The van der Waals surface area contributed by atoms with E-state index in [0.717, 1.165) is 48.3 Å². The van der Waals surface area contributed by atoms with Crippen molar-refractivity contribution in [3.63, 3.8) is 0 Å². The Morgan fingerprint density at radius 2 is 2.12 bits per heavy atom. The maximum Gasteiger partial charge on any atom is 0.156 e. The number of carbonyl (C=O) groups excluding carboxylic acids is 1. The number of anilines is 1. The number of aromatic nitrogens is 3. The highest BCUT2D eigenvalue weighted by Crippen LogP contribution is 2.31. The SMILES string of the molecule is CC(C)(C=O)Cc1c[nH]c2ncc(N3CCC(c4ccccc4)C3)nc12. The number of H-pyrrole nitrogens is 1. The Morgan fingerprint density at radius 1 is 1.31 bits per heavy atom. The molecule has 5 nitrogen and oxygen atoms in total. The Hall–Kier alpha value is -2.69. The highest BCUT2D eigenvalue weighted by atomic mass is 16.1. The molecule has 5 heteroatoms. The third-order valence-electron chi connectivity index (χ3n) is 5.20. The van der Waals surface area contributed by atoms with Crippen LogP contribution in [0, 0.1) is 5.41 Å². The second-order valence-electron chi connectivity index (χ2n) is 7.86. The molecule has 1 fully saturated rings. The van der Waals surface area contributed by atoms with E-state index in [2.05, 4.69) is 45.2 Å². The molecule has 0 amide bonds. The Kier molecular flexibility index (Phi) is 4.23. The molecule has 26 heavy (non-hydrogen) atoms. The van der Waals surface area contributed by atoms with Gasteiger partial charge in [0, 0.05) is 30.6 Å². The van der Waals surface area contributed by atoms with Gasteiger partial charge in [0.15, 0.2) is 5.65 Å². The van der Waals surface area contributed by atoms with Crippen LogP contribution in [0.15, 0.2) is 42.7 Å². The van der Waals surface area contributed by atoms with E-state index in [9.17, 15) is 4.79 Å². The van der Waals surface area contributed by atoms with E-state index in [1.807, 2.05) is 26.2 Å². The Labute approximate surface area is 153 Å². The molecule has 0 saturated carbocycles. The van der Waals surface area contributed by atoms with Gasteiger partial charge in [-0.15, -0.1) is 0 Å². The number of benzene rings is 1. The van der Waals surface area contributed by atoms with Crippen molar-refractivity contribution in [1.82, 2.24) is 15.0 Å². The minimum atomic E-state index is -0.404. The van der Waals surface area contributed by atoms with Crippen molar-refractivity contribution < 1.29 is 4.79 Å². The van der Waals surface area contributed by atoms with Crippen molar-refractivity contribution >= 4 is 23.3 Å². The molecule has 3 aromatic rings. The number of fused-ring (bicyclic) bond motifs is 1. The van der Waals surface area contributed by atoms with Crippen molar-refractivity contribution in [2.24, 2.45) is 5.41 Å². The highest BCUT2D eigenvalue weighted by molar-refractivity contribution is 5.77. The van der Waals surface area contributed by atoms with Crippen LogP contribution in [0.2, 0.25) is 0 Å². The van der Waals surface area contributed by atoms with Crippen molar-refractivity contribution in [2.75, 3.05) is 18.0 Å². The van der Waals surface area contributed by atoms with Crippen LogP contribution in [0.25, 0.3) is 11.2 Å². The van der Waals surface area contributed by atoms with Gasteiger partial charge in [0.05, 0.1) is 6.20 Å². The van der Waals surface area contributed by atoms with E-state index >= 15 is 0 Å². The summed E-state index contributed by atoms with van der Waals surface area (Å²) in [5.41, 5.74) is 3.69. The lowest BCUT2D eigenvalue weighted by Gasteiger charge is -2.18. The lowest BCUT2D eigenvalue weighted by molar-refractivity contribution is -0.114. The number of rotatable bonds is 5. The first-order chi connectivity index (χ1) is 12.6. The average molecular weight is 348 g/mol. The van der Waals surface area contributed by atoms with Crippen LogP contribution in [-0.2, 0) is 11.2 Å². The summed E-state index contributed by atoms with van der Waals surface area (Å²) in [7, 11) is 0. The highest BCUT2D eigenvalue weighted by Gasteiger charge is 2.26. The number of carbonyl (C=O) groups is 1. The van der Waals surface area contributed by atoms with Crippen LogP contribution >= 0.6 is 0 Å². The molecule has 1 aliphatic heterocycles. The average Bonchev–Trinajstić information content (AvgIpc) is 3.30. The van der Waals surface area contributed by atoms with Crippen LogP contribution in [0.3, 0.4) is 0 Å². The maximum absolute atomic E-state index is 11.3. The van der Waals surface area contributed by atoms with Gasteiger partial charge in [-0.3, -0.25) is 0 Å². The van der Waals surface area contributed by atoms with Crippen molar-refractivity contribution in [1.29, 1.82) is 0 Å². The Bertz CT molecular complexity index is 916. The van der Waals surface area contributed by atoms with E-state index in [4.69, 9.17) is 4.98 Å². The molecule has 0 aliphatic carbocycles. The van der Waals surface area contributed by atoms with Crippen LogP contribution in [0.5, 0.6) is 0 Å². The summed E-state index contributed by atoms with van der Waals surface area (Å²) in [5.74, 6) is 1.45. The molecule has 134 valence electrons. The van der Waals surface area contributed by atoms with Crippen molar-refractivity contribution in [3.05, 3.63) is 53.9 Å². The quantitative estimate of drug-likeness (QED) is 0.714. The zero-order valence-electron chi connectivity index (χ0n) is 15.3. The molecule has 1 atom stereocenters. The fraction of sp³-hybridized carbons (Fsp3) is 0.381. The summed E-state index contributed by atoms with van der Waals surface area (Å²) >= 11 is 0. The summed E-state index contributed by atoms with van der Waals surface area (Å²) in [6, 6.07) is 10.7. The van der Waals surface area contributed by atoms with E-state index in [-0.39, 0.29) is 0 Å². The molecule has 1 N–H and O–H groups in total. The number of nitrogens with one attached hydrogen (secondary N) is 1. The summed E-state index contributed by atoms with van der Waals surface area (Å²) in [6.07, 6.45) is 6.56. The topological polar surface area (TPSA) is 61.9 Å². The van der Waals surface area contributed by atoms with Crippen LogP contribution in [0.1, 0.15) is 37.3 Å². The molecular formula is C21H24N4O. The molecular weight excluding hydrogens is 324 g/mol. The summed E-state index contributed by atoms with van der Waals surface area (Å²) in [4.78, 5) is 26.2. The molecule has 0 radical (unpaired) electrons. The smallest absolute Gasteiger partial charge is 0.156 e. The van der Waals surface area contributed by atoms with Gasteiger partial charge in [0.1, 0.15) is 17.6 Å². The summed E-state index contributed by atoms with van der Waals surface area (Å²) in [6.45, 7) is 5.84. The molecule has 4 rings (SSSR count). The molecule has 1 aliphatic rings. The van der Waals surface area contributed by atoms with Gasteiger partial charge in [-0.05, 0) is 24.0 Å². The molecule has 1 unspecified atom stereocenters. The summed E-state index contributed by atoms with van der Waals surface area (Å²) < 4.78 is 0. The van der Waals surface area contributed by atoms with Gasteiger partial charge in [0.2, 0.25) is 0 Å². The van der Waals surface area contributed by atoms with E-state index in [0.29, 0.717) is 12.3 Å². The molecule has 0 bridgehead atoms. The van der Waals surface area contributed by atoms with E-state index in [1.165, 1.54) is 5.56 Å². The van der Waals surface area contributed by atoms with Gasteiger partial charge in [-0.2, -0.15) is 0 Å². The monoisotopic (exact) mass is 348 g/mol. The number of nitrogens with zero attached hydrogens (tertiary/aromatic N) is 3. The van der Waals surface area contributed by atoms with E-state index in [1.54, 1.807) is 0 Å². The molecule has 3 heterocycles. The molecule has 2 aromatic heterocycles. The second kappa shape index (κ2) is 6.56. The lowest BCUT2D eigenvalue weighted by Crippen LogP contribution is -2.21. The Balaban J connectivity index is 1.59. The normalized spacial score (nSPS) is 17.8. The lowest BCUT2D eigenvalue weighted by atomic mass is 9.88. The van der Waals surface area contributed by atoms with Crippen LogP contribution in [0.4, 0.5) is 5.82 Å². The number of aldehydes is 1. The van der Waals surface area contributed by atoms with Crippen molar-refractivity contribution in [2.45, 2.75) is 32.6 Å². The summed E-state index contributed by atoms with van der Waals surface area (Å²) in [5, 5.41) is 0. The predicted octanol–water partition coefficient (Wildman–Crippen LogP) is 3.72. The number of hydrogen-bond donors (Lipinski definition) is 1.